The van der Waals surface area contributed by atoms with E-state index in [0.29, 0.717) is 0 Å². The van der Waals surface area contributed by atoms with Gasteiger partial charge in [-0.3, -0.25) is 0 Å². The fourth-order valence-corrected chi connectivity index (χ4v) is 1.59. The van der Waals surface area contributed by atoms with Crippen molar-refractivity contribution in [1.82, 2.24) is 0 Å². The normalized spacial score (nSPS) is 27.4. The highest BCUT2D eigenvalue weighted by Gasteiger charge is 2.28. The Balaban J connectivity index is 0.000000671. The van der Waals surface area contributed by atoms with Gasteiger partial charge in [0.25, 0.3) is 0 Å². The minimum absolute atomic E-state index is 0.194. The summed E-state index contributed by atoms with van der Waals surface area (Å²) in [5.41, 5.74) is 0.194. The van der Waals surface area contributed by atoms with E-state index in [4.69, 9.17) is 4.74 Å². The van der Waals surface area contributed by atoms with Crippen LogP contribution in [0.25, 0.3) is 0 Å². The number of hydrogen-bond acceptors (Lipinski definition) is 1. The summed E-state index contributed by atoms with van der Waals surface area (Å²) in [5.74, 6) is 0. The third-order valence-electron chi connectivity index (χ3n) is 2.38. The summed E-state index contributed by atoms with van der Waals surface area (Å²) in [5, 5.41) is 0. The molecule has 1 heterocycles. The maximum Gasteiger partial charge on any atom is 0.0658 e. The lowest BCUT2D eigenvalue weighted by Gasteiger charge is -2.21. The van der Waals surface area contributed by atoms with Crippen LogP contribution in [0.4, 0.5) is 0 Å². The van der Waals surface area contributed by atoms with Gasteiger partial charge in [0, 0.05) is 6.61 Å². The van der Waals surface area contributed by atoms with E-state index >= 15 is 0 Å². The number of hydrogen-bond donors (Lipinski definition) is 0. The Labute approximate surface area is 83.2 Å². The average Bonchev–Trinajstić information content (AvgIpc) is 2.57. The summed E-state index contributed by atoms with van der Waals surface area (Å²) in [4.78, 5) is 0. The van der Waals surface area contributed by atoms with E-state index in [2.05, 4.69) is 26.0 Å². The Bertz CT molecular complexity index is 132. The van der Waals surface area contributed by atoms with E-state index in [-0.39, 0.29) is 5.60 Å². The molecule has 0 bridgehead atoms. The second kappa shape index (κ2) is 7.14. The van der Waals surface area contributed by atoms with E-state index in [1.807, 2.05) is 13.8 Å². The van der Waals surface area contributed by atoms with E-state index in [1.54, 1.807) is 0 Å². The van der Waals surface area contributed by atoms with Gasteiger partial charge < -0.3 is 4.74 Å². The van der Waals surface area contributed by atoms with Gasteiger partial charge >= 0.3 is 0 Å². The first-order chi connectivity index (χ1) is 6.27. The molecule has 0 saturated carbocycles. The highest BCUT2D eigenvalue weighted by atomic mass is 16.5. The maximum absolute atomic E-state index is 5.65. The van der Waals surface area contributed by atoms with Crippen LogP contribution in [0.1, 0.15) is 53.4 Å². The molecule has 0 unspecified atom stereocenters. The van der Waals surface area contributed by atoms with E-state index in [0.717, 1.165) is 13.0 Å². The summed E-state index contributed by atoms with van der Waals surface area (Å²) >= 11 is 0. The van der Waals surface area contributed by atoms with Gasteiger partial charge in [0.15, 0.2) is 0 Å². The van der Waals surface area contributed by atoms with Gasteiger partial charge in [0.1, 0.15) is 0 Å². The summed E-state index contributed by atoms with van der Waals surface area (Å²) in [6.07, 6.45) is 9.15. The first kappa shape index (κ1) is 12.7. The van der Waals surface area contributed by atoms with Crippen LogP contribution in [-0.4, -0.2) is 12.2 Å². The molecule has 78 valence electrons. The van der Waals surface area contributed by atoms with Crippen LogP contribution in [0.5, 0.6) is 0 Å². The van der Waals surface area contributed by atoms with Gasteiger partial charge in [0.2, 0.25) is 0 Å². The first-order valence-corrected chi connectivity index (χ1v) is 5.52. The fourth-order valence-electron chi connectivity index (χ4n) is 1.59. The predicted octanol–water partition coefficient (Wildman–Crippen LogP) is 3.94. The molecule has 1 rings (SSSR count). The molecular weight excluding hydrogens is 160 g/mol. The zero-order valence-corrected chi connectivity index (χ0v) is 9.60. The molecule has 0 aromatic carbocycles. The molecule has 0 radical (unpaired) electrons. The first-order valence-electron chi connectivity index (χ1n) is 5.52. The van der Waals surface area contributed by atoms with Crippen LogP contribution in [0.2, 0.25) is 0 Å². The molecule has 1 saturated heterocycles. The minimum Gasteiger partial charge on any atom is -0.375 e. The number of allylic oxidation sites excluding steroid dienone is 2. The standard InChI is InChI=1S/C10H18O.C2H6/c1-3-4-5-7-10(2)8-6-9-11-10;1-2/h3-4H,5-9H2,1-2H3;1-2H3/b4-3-;/t10-;/m0./s1. The van der Waals surface area contributed by atoms with Crippen LogP contribution in [0.3, 0.4) is 0 Å². The third-order valence-corrected chi connectivity index (χ3v) is 2.38. The van der Waals surface area contributed by atoms with Gasteiger partial charge in [-0.15, -0.1) is 0 Å². The molecule has 1 heteroatoms. The van der Waals surface area contributed by atoms with Crippen LogP contribution >= 0.6 is 0 Å². The van der Waals surface area contributed by atoms with Gasteiger partial charge in [-0.1, -0.05) is 26.0 Å². The fraction of sp³-hybridized carbons (Fsp3) is 0.833. The Morgan fingerprint density at radius 2 is 2.08 bits per heavy atom. The van der Waals surface area contributed by atoms with Crippen molar-refractivity contribution in [2.45, 2.75) is 59.0 Å². The van der Waals surface area contributed by atoms with Crippen molar-refractivity contribution in [3.8, 4) is 0 Å². The Morgan fingerprint density at radius 1 is 1.38 bits per heavy atom. The zero-order chi connectivity index (χ0) is 10.2. The molecule has 1 atom stereocenters. The Morgan fingerprint density at radius 3 is 2.54 bits per heavy atom. The van der Waals surface area contributed by atoms with Crippen molar-refractivity contribution < 1.29 is 4.74 Å². The van der Waals surface area contributed by atoms with Crippen molar-refractivity contribution in [2.75, 3.05) is 6.61 Å². The zero-order valence-electron chi connectivity index (χ0n) is 9.60. The highest BCUT2D eigenvalue weighted by molar-refractivity contribution is 4.85. The smallest absolute Gasteiger partial charge is 0.0658 e. The van der Waals surface area contributed by atoms with Gasteiger partial charge in [0.05, 0.1) is 5.60 Å². The third kappa shape index (κ3) is 5.09. The van der Waals surface area contributed by atoms with E-state index < -0.39 is 0 Å². The van der Waals surface area contributed by atoms with E-state index in [1.165, 1.54) is 19.3 Å². The number of rotatable bonds is 3. The van der Waals surface area contributed by atoms with Crippen molar-refractivity contribution in [2.24, 2.45) is 0 Å². The van der Waals surface area contributed by atoms with Crippen molar-refractivity contribution in [1.29, 1.82) is 0 Å². The SMILES string of the molecule is C/C=C\CC[C@@]1(C)CCCO1.CC. The lowest BCUT2D eigenvalue weighted by atomic mass is 9.97. The molecule has 13 heavy (non-hydrogen) atoms. The summed E-state index contributed by atoms with van der Waals surface area (Å²) in [6.45, 7) is 9.26. The van der Waals surface area contributed by atoms with Crippen molar-refractivity contribution in [3.63, 3.8) is 0 Å². The number of ether oxygens (including phenoxy) is 1. The average molecular weight is 184 g/mol. The Kier molecular flexibility index (Phi) is 6.97. The molecule has 1 fully saturated rings. The second-order valence-electron chi connectivity index (χ2n) is 3.51. The maximum atomic E-state index is 5.65. The van der Waals surface area contributed by atoms with E-state index in [9.17, 15) is 0 Å². The predicted molar refractivity (Wildman–Crippen MR) is 59.0 cm³/mol. The molecule has 0 aromatic heterocycles. The largest absolute Gasteiger partial charge is 0.375 e. The van der Waals surface area contributed by atoms with Gasteiger partial charge in [-0.25, -0.2) is 0 Å². The van der Waals surface area contributed by atoms with Crippen LogP contribution in [-0.2, 0) is 4.74 Å². The quantitative estimate of drug-likeness (QED) is 0.604. The molecule has 0 aliphatic carbocycles. The minimum atomic E-state index is 0.194. The van der Waals surface area contributed by atoms with Gasteiger partial charge in [-0.2, -0.15) is 0 Å². The van der Waals surface area contributed by atoms with Gasteiger partial charge in [-0.05, 0) is 39.5 Å². The van der Waals surface area contributed by atoms with Crippen LogP contribution in [0.15, 0.2) is 12.2 Å². The molecule has 0 N–H and O–H groups in total. The lowest BCUT2D eigenvalue weighted by molar-refractivity contribution is 0.0141. The molecule has 1 nitrogen and oxygen atoms in total. The summed E-state index contributed by atoms with van der Waals surface area (Å²) in [7, 11) is 0. The van der Waals surface area contributed by atoms with Crippen molar-refractivity contribution >= 4 is 0 Å². The molecule has 0 amide bonds. The molecular formula is C12H24O. The topological polar surface area (TPSA) is 9.23 Å². The van der Waals surface area contributed by atoms with Crippen molar-refractivity contribution in [3.05, 3.63) is 12.2 Å². The van der Waals surface area contributed by atoms with Crippen LogP contribution < -0.4 is 0 Å². The molecule has 0 spiro atoms. The van der Waals surface area contributed by atoms with Crippen LogP contribution in [0, 0.1) is 0 Å². The summed E-state index contributed by atoms with van der Waals surface area (Å²) < 4.78 is 5.65. The lowest BCUT2D eigenvalue weighted by Crippen LogP contribution is -2.21. The molecule has 1 aliphatic heterocycles. The molecule has 0 aromatic rings. The highest BCUT2D eigenvalue weighted by Crippen LogP contribution is 2.29. The molecule has 1 aliphatic rings. The monoisotopic (exact) mass is 184 g/mol. The Hall–Kier alpha value is -0.300. The second-order valence-corrected chi connectivity index (χ2v) is 3.51. The summed E-state index contributed by atoms with van der Waals surface area (Å²) in [6, 6.07) is 0.